The summed E-state index contributed by atoms with van der Waals surface area (Å²) in [7, 11) is 0. The maximum absolute atomic E-state index is 11.8. The fraction of sp³-hybridized carbons (Fsp3) is 0.182. The van der Waals surface area contributed by atoms with Crippen LogP contribution in [0.4, 0.5) is 0 Å². The number of hydrogen-bond donors (Lipinski definition) is 2. The van der Waals surface area contributed by atoms with Crippen LogP contribution >= 0.6 is 0 Å². The highest BCUT2D eigenvalue weighted by atomic mass is 16.2. The lowest BCUT2D eigenvalue weighted by atomic mass is 9.89. The van der Waals surface area contributed by atoms with E-state index in [1.807, 2.05) is 0 Å². The van der Waals surface area contributed by atoms with E-state index in [9.17, 15) is 14.4 Å². The van der Waals surface area contributed by atoms with Gasteiger partial charge in [-0.1, -0.05) is 18.2 Å². The summed E-state index contributed by atoms with van der Waals surface area (Å²) in [6, 6.07) is 6.82. The first-order valence-electron chi connectivity index (χ1n) is 4.90. The molecule has 3 amide bonds. The van der Waals surface area contributed by atoms with Gasteiger partial charge in [0.1, 0.15) is 0 Å². The van der Waals surface area contributed by atoms with Gasteiger partial charge in [-0.05, 0) is 6.07 Å². The first kappa shape index (κ1) is 9.08. The number of amides is 3. The molecule has 0 bridgehead atoms. The van der Waals surface area contributed by atoms with Crippen molar-refractivity contribution in [2.24, 2.45) is 0 Å². The molecule has 0 aliphatic carbocycles. The second-order valence-corrected chi connectivity index (χ2v) is 3.96. The minimum Gasteiger partial charge on any atom is -0.333 e. The van der Waals surface area contributed by atoms with Crippen molar-refractivity contribution in [2.75, 3.05) is 0 Å². The molecule has 2 aliphatic heterocycles. The van der Waals surface area contributed by atoms with Gasteiger partial charge in [-0.2, -0.15) is 0 Å². The fourth-order valence-electron chi connectivity index (χ4n) is 2.30. The molecule has 2 aliphatic rings. The van der Waals surface area contributed by atoms with Gasteiger partial charge in [-0.3, -0.25) is 19.7 Å². The van der Waals surface area contributed by atoms with Gasteiger partial charge in [0.05, 0.1) is 6.42 Å². The molecule has 3 rings (SSSR count). The molecule has 2 N–H and O–H groups in total. The van der Waals surface area contributed by atoms with Gasteiger partial charge in [0, 0.05) is 11.1 Å². The number of imide groups is 1. The predicted octanol–water partition coefficient (Wildman–Crippen LogP) is -0.328. The Kier molecular flexibility index (Phi) is 1.53. The van der Waals surface area contributed by atoms with Crippen molar-refractivity contribution in [2.45, 2.75) is 12.0 Å². The Morgan fingerprint density at radius 1 is 1.12 bits per heavy atom. The molecule has 5 nitrogen and oxygen atoms in total. The van der Waals surface area contributed by atoms with Crippen molar-refractivity contribution in [3.8, 4) is 0 Å². The van der Waals surface area contributed by atoms with Crippen LogP contribution in [0.25, 0.3) is 0 Å². The van der Waals surface area contributed by atoms with Crippen LogP contribution in [0.3, 0.4) is 0 Å². The third kappa shape index (κ3) is 0.920. The molecule has 5 heteroatoms. The molecule has 1 spiro atoms. The van der Waals surface area contributed by atoms with Crippen molar-refractivity contribution in [3.05, 3.63) is 35.4 Å². The number of hydrogen-bond acceptors (Lipinski definition) is 3. The van der Waals surface area contributed by atoms with E-state index in [2.05, 4.69) is 10.6 Å². The van der Waals surface area contributed by atoms with Crippen molar-refractivity contribution in [1.82, 2.24) is 10.6 Å². The third-order valence-electron chi connectivity index (χ3n) is 3.02. The van der Waals surface area contributed by atoms with Crippen molar-refractivity contribution >= 4 is 17.7 Å². The Morgan fingerprint density at radius 2 is 1.88 bits per heavy atom. The minimum atomic E-state index is -1.18. The van der Waals surface area contributed by atoms with Crippen LogP contribution in [-0.4, -0.2) is 17.7 Å². The van der Waals surface area contributed by atoms with Crippen LogP contribution in [0.15, 0.2) is 24.3 Å². The summed E-state index contributed by atoms with van der Waals surface area (Å²) in [4.78, 5) is 34.7. The standard InChI is InChI=1S/C11H8N2O3/c14-8-5-11(10(16)12-8)7-4-2-1-3-6(7)9(15)13-11/h1-4H,5H2,(H,13,15)(H,12,14,16). The average molecular weight is 216 g/mol. The first-order valence-corrected chi connectivity index (χ1v) is 4.90. The molecule has 1 fully saturated rings. The van der Waals surface area contributed by atoms with Crippen molar-refractivity contribution < 1.29 is 14.4 Å². The van der Waals surface area contributed by atoms with Crippen LogP contribution in [-0.2, 0) is 15.1 Å². The van der Waals surface area contributed by atoms with E-state index in [1.165, 1.54) is 0 Å². The zero-order valence-corrected chi connectivity index (χ0v) is 8.24. The number of fused-ring (bicyclic) bond motifs is 2. The molecule has 2 heterocycles. The van der Waals surface area contributed by atoms with E-state index in [1.54, 1.807) is 24.3 Å². The van der Waals surface area contributed by atoms with E-state index in [-0.39, 0.29) is 18.2 Å². The number of rotatable bonds is 0. The van der Waals surface area contributed by atoms with E-state index < -0.39 is 11.4 Å². The van der Waals surface area contributed by atoms with Gasteiger partial charge in [0.15, 0.2) is 5.54 Å². The van der Waals surface area contributed by atoms with Crippen LogP contribution in [0.1, 0.15) is 22.3 Å². The fourth-order valence-corrected chi connectivity index (χ4v) is 2.30. The van der Waals surface area contributed by atoms with Crippen molar-refractivity contribution in [1.29, 1.82) is 0 Å². The zero-order valence-electron chi connectivity index (χ0n) is 8.24. The molecular weight excluding hydrogens is 208 g/mol. The van der Waals surface area contributed by atoms with Gasteiger partial charge < -0.3 is 5.32 Å². The van der Waals surface area contributed by atoms with Gasteiger partial charge in [0.25, 0.3) is 11.8 Å². The molecule has 0 aromatic heterocycles. The number of carbonyl (C=O) groups is 3. The molecule has 1 aromatic rings. The highest BCUT2D eigenvalue weighted by Gasteiger charge is 2.54. The summed E-state index contributed by atoms with van der Waals surface area (Å²) in [6.07, 6.45) is -0.0193. The molecule has 1 atom stereocenters. The molecular formula is C11H8N2O3. The molecule has 0 saturated carbocycles. The Balaban J connectivity index is 2.23. The van der Waals surface area contributed by atoms with Crippen LogP contribution in [0.5, 0.6) is 0 Å². The van der Waals surface area contributed by atoms with E-state index in [0.717, 1.165) is 0 Å². The normalized spacial score (nSPS) is 26.9. The molecule has 16 heavy (non-hydrogen) atoms. The molecule has 0 radical (unpaired) electrons. The molecule has 80 valence electrons. The SMILES string of the molecule is O=C1CC2(NC(=O)c3ccccc32)C(=O)N1. The summed E-state index contributed by atoms with van der Waals surface area (Å²) in [5.74, 6) is -1.11. The Bertz CT molecular complexity index is 538. The van der Waals surface area contributed by atoms with E-state index in [0.29, 0.717) is 11.1 Å². The average Bonchev–Trinajstić information content (AvgIpc) is 2.69. The highest BCUT2D eigenvalue weighted by Crippen LogP contribution is 2.36. The topological polar surface area (TPSA) is 75.3 Å². The smallest absolute Gasteiger partial charge is 0.257 e. The summed E-state index contributed by atoms with van der Waals surface area (Å²) >= 11 is 0. The second kappa shape index (κ2) is 2.69. The largest absolute Gasteiger partial charge is 0.333 e. The van der Waals surface area contributed by atoms with Gasteiger partial charge >= 0.3 is 0 Å². The lowest BCUT2D eigenvalue weighted by Crippen LogP contribution is -2.45. The minimum absolute atomic E-state index is 0.0193. The Hall–Kier alpha value is -2.17. The second-order valence-electron chi connectivity index (χ2n) is 3.96. The number of carbonyl (C=O) groups excluding carboxylic acids is 3. The maximum Gasteiger partial charge on any atom is 0.257 e. The van der Waals surface area contributed by atoms with E-state index >= 15 is 0 Å². The van der Waals surface area contributed by atoms with Crippen molar-refractivity contribution in [3.63, 3.8) is 0 Å². The van der Waals surface area contributed by atoms with Crippen LogP contribution in [0.2, 0.25) is 0 Å². The molecule has 1 unspecified atom stereocenters. The summed E-state index contributed by atoms with van der Waals surface area (Å²) in [6.45, 7) is 0. The van der Waals surface area contributed by atoms with Gasteiger partial charge in [-0.25, -0.2) is 0 Å². The zero-order chi connectivity index (χ0) is 11.3. The Labute approximate surface area is 90.8 Å². The summed E-state index contributed by atoms with van der Waals surface area (Å²) < 4.78 is 0. The van der Waals surface area contributed by atoms with Crippen LogP contribution < -0.4 is 10.6 Å². The molecule has 1 saturated heterocycles. The monoisotopic (exact) mass is 216 g/mol. The third-order valence-corrected chi connectivity index (χ3v) is 3.02. The summed E-state index contributed by atoms with van der Waals surface area (Å²) in [5, 5.41) is 4.82. The first-order chi connectivity index (χ1) is 7.63. The van der Waals surface area contributed by atoms with Gasteiger partial charge in [-0.15, -0.1) is 0 Å². The van der Waals surface area contributed by atoms with E-state index in [4.69, 9.17) is 0 Å². The number of nitrogens with one attached hydrogen (secondary N) is 2. The van der Waals surface area contributed by atoms with Crippen LogP contribution in [0, 0.1) is 0 Å². The quantitative estimate of drug-likeness (QED) is 0.583. The van der Waals surface area contributed by atoms with Gasteiger partial charge in [0.2, 0.25) is 5.91 Å². The number of benzene rings is 1. The highest BCUT2D eigenvalue weighted by molar-refractivity contribution is 6.15. The maximum atomic E-state index is 11.8. The molecule has 1 aromatic carbocycles. The lowest BCUT2D eigenvalue weighted by molar-refractivity contribution is -0.126. The lowest BCUT2D eigenvalue weighted by Gasteiger charge is -2.19. The Morgan fingerprint density at radius 3 is 2.56 bits per heavy atom. The predicted molar refractivity (Wildman–Crippen MR) is 53.4 cm³/mol. The summed E-state index contributed by atoms with van der Waals surface area (Å²) in [5.41, 5.74) is -0.124.